The van der Waals surface area contributed by atoms with Gasteiger partial charge in [-0.25, -0.2) is 0 Å². The highest BCUT2D eigenvalue weighted by molar-refractivity contribution is 6.01. The maximum absolute atomic E-state index is 5.64. The first kappa shape index (κ1) is 20.1. The quantitative estimate of drug-likeness (QED) is 0.430. The zero-order valence-corrected chi connectivity index (χ0v) is 15.1. The van der Waals surface area contributed by atoms with Crippen LogP contribution in [0.2, 0.25) is 0 Å². The van der Waals surface area contributed by atoms with Crippen molar-refractivity contribution in [3.05, 3.63) is 29.8 Å². The minimum atomic E-state index is 0.475. The van der Waals surface area contributed by atoms with Gasteiger partial charge in [-0.3, -0.25) is 10.9 Å². The Morgan fingerprint density at radius 3 is 2.00 bits per heavy atom. The van der Waals surface area contributed by atoms with Crippen LogP contribution in [0.25, 0.3) is 0 Å². The van der Waals surface area contributed by atoms with Crippen molar-refractivity contribution in [1.82, 2.24) is 10.9 Å². The summed E-state index contributed by atoms with van der Waals surface area (Å²) in [6, 6.07) is 7.60. The van der Waals surface area contributed by atoms with Crippen LogP contribution < -0.4 is 21.3 Å². The zero-order chi connectivity index (χ0) is 18.5. The molecule has 0 saturated carbocycles. The van der Waals surface area contributed by atoms with Gasteiger partial charge in [0.15, 0.2) is 5.84 Å². The first-order valence-corrected chi connectivity index (χ1v) is 8.60. The van der Waals surface area contributed by atoms with E-state index in [1.807, 2.05) is 31.2 Å². The standard InChI is InChI=1S/C17H27N5O4/c1-14-19-21-17(22-20-14)15-2-4-16(5-3-15)26-13-12-25-11-10-24-9-8-23-7-6-18/h2-5H,6-13,18H2,1H3,(H,19,20)(H,21,22). The molecular weight excluding hydrogens is 338 g/mol. The molecule has 1 aliphatic rings. The predicted octanol–water partition coefficient (Wildman–Crippen LogP) is 0.262. The highest BCUT2D eigenvalue weighted by Gasteiger charge is 2.07. The summed E-state index contributed by atoms with van der Waals surface area (Å²) in [5, 5.41) is 8.07. The maximum Gasteiger partial charge on any atom is 0.174 e. The molecule has 1 aromatic rings. The summed E-state index contributed by atoms with van der Waals surface area (Å²) in [6.07, 6.45) is 0. The molecule has 1 heterocycles. The molecule has 2 rings (SSSR count). The van der Waals surface area contributed by atoms with E-state index in [4.69, 9.17) is 24.7 Å². The number of hydrogen-bond acceptors (Lipinski definition) is 9. The van der Waals surface area contributed by atoms with Crippen LogP contribution in [-0.4, -0.2) is 64.5 Å². The van der Waals surface area contributed by atoms with Gasteiger partial charge in [0.1, 0.15) is 18.2 Å². The number of ether oxygens (including phenoxy) is 4. The molecule has 9 nitrogen and oxygen atoms in total. The average molecular weight is 365 g/mol. The van der Waals surface area contributed by atoms with Crippen molar-refractivity contribution in [2.45, 2.75) is 6.92 Å². The lowest BCUT2D eigenvalue weighted by molar-refractivity contribution is 0.0106. The summed E-state index contributed by atoms with van der Waals surface area (Å²) >= 11 is 0. The number of nitrogens with one attached hydrogen (secondary N) is 2. The van der Waals surface area contributed by atoms with Crippen molar-refractivity contribution in [2.24, 2.45) is 15.9 Å². The van der Waals surface area contributed by atoms with Crippen LogP contribution in [0.4, 0.5) is 0 Å². The van der Waals surface area contributed by atoms with Crippen molar-refractivity contribution in [3.63, 3.8) is 0 Å². The Hall–Kier alpha value is -2.20. The van der Waals surface area contributed by atoms with Crippen LogP contribution in [0, 0.1) is 0 Å². The molecule has 4 N–H and O–H groups in total. The highest BCUT2D eigenvalue weighted by Crippen LogP contribution is 2.12. The molecule has 0 unspecified atom stereocenters. The Morgan fingerprint density at radius 1 is 0.808 bits per heavy atom. The number of hydrazine groups is 1. The summed E-state index contributed by atoms with van der Waals surface area (Å²) in [6.45, 7) is 6.06. The van der Waals surface area contributed by atoms with E-state index in [1.54, 1.807) is 0 Å². The third-order valence-corrected chi connectivity index (χ3v) is 3.29. The summed E-state index contributed by atoms with van der Waals surface area (Å²) in [5.74, 6) is 2.16. The molecule has 0 bridgehead atoms. The fraction of sp³-hybridized carbons (Fsp3) is 0.529. The monoisotopic (exact) mass is 365 g/mol. The van der Waals surface area contributed by atoms with Gasteiger partial charge in [0, 0.05) is 12.1 Å². The van der Waals surface area contributed by atoms with Gasteiger partial charge in [0.2, 0.25) is 0 Å². The van der Waals surface area contributed by atoms with Crippen LogP contribution in [0.1, 0.15) is 12.5 Å². The van der Waals surface area contributed by atoms with Gasteiger partial charge in [-0.15, -0.1) is 10.2 Å². The first-order chi connectivity index (χ1) is 12.8. The normalized spacial score (nSPS) is 13.5. The number of nitrogens with zero attached hydrogens (tertiary/aromatic N) is 2. The van der Waals surface area contributed by atoms with Crippen molar-refractivity contribution in [1.29, 1.82) is 0 Å². The minimum absolute atomic E-state index is 0.475. The van der Waals surface area contributed by atoms with E-state index in [9.17, 15) is 0 Å². The molecule has 1 aliphatic heterocycles. The molecule has 0 amide bonds. The van der Waals surface area contributed by atoms with Crippen molar-refractivity contribution in [2.75, 3.05) is 52.8 Å². The number of amidine groups is 2. The Balaban J connectivity index is 1.52. The maximum atomic E-state index is 5.64. The molecule has 144 valence electrons. The third kappa shape index (κ3) is 7.79. The van der Waals surface area contributed by atoms with E-state index in [2.05, 4.69) is 21.1 Å². The summed E-state index contributed by atoms with van der Waals surface area (Å²) in [7, 11) is 0. The fourth-order valence-corrected chi connectivity index (χ4v) is 2.01. The van der Waals surface area contributed by atoms with Gasteiger partial charge >= 0.3 is 0 Å². The molecule has 0 radical (unpaired) electrons. The van der Waals surface area contributed by atoms with Crippen LogP contribution in [-0.2, 0) is 14.2 Å². The van der Waals surface area contributed by atoms with E-state index < -0.39 is 0 Å². The molecule has 0 aliphatic carbocycles. The number of hydrogen-bond donors (Lipinski definition) is 3. The Morgan fingerprint density at radius 2 is 1.42 bits per heavy atom. The SMILES string of the molecule is CC1=NN=C(c2ccc(OCCOCCOCCOCCN)cc2)NN1. The second kappa shape index (κ2) is 12.2. The zero-order valence-electron chi connectivity index (χ0n) is 15.1. The second-order valence-electron chi connectivity index (χ2n) is 5.38. The van der Waals surface area contributed by atoms with Gasteiger partial charge in [0.25, 0.3) is 0 Å². The molecule has 0 spiro atoms. The Kier molecular flexibility index (Phi) is 9.44. The molecular formula is C17H27N5O4. The number of nitrogens with two attached hydrogens (primary N) is 1. The van der Waals surface area contributed by atoms with Gasteiger partial charge in [0.05, 0.1) is 39.6 Å². The topological polar surface area (TPSA) is 112 Å². The van der Waals surface area contributed by atoms with Crippen molar-refractivity contribution >= 4 is 11.7 Å². The second-order valence-corrected chi connectivity index (χ2v) is 5.38. The smallest absolute Gasteiger partial charge is 0.174 e. The van der Waals surface area contributed by atoms with E-state index >= 15 is 0 Å². The van der Waals surface area contributed by atoms with Gasteiger partial charge in [-0.05, 0) is 31.2 Å². The molecule has 0 saturated heterocycles. The van der Waals surface area contributed by atoms with Gasteiger partial charge in [-0.2, -0.15) is 0 Å². The molecule has 0 atom stereocenters. The van der Waals surface area contributed by atoms with Crippen LogP contribution in [0.3, 0.4) is 0 Å². The Bertz CT molecular complexity index is 577. The lowest BCUT2D eigenvalue weighted by Crippen LogP contribution is -2.43. The molecule has 26 heavy (non-hydrogen) atoms. The summed E-state index contributed by atoms with van der Waals surface area (Å²) < 4.78 is 21.6. The minimum Gasteiger partial charge on any atom is -0.491 e. The van der Waals surface area contributed by atoms with Crippen LogP contribution >= 0.6 is 0 Å². The first-order valence-electron chi connectivity index (χ1n) is 8.60. The summed E-state index contributed by atoms with van der Waals surface area (Å²) in [4.78, 5) is 0. The summed E-state index contributed by atoms with van der Waals surface area (Å²) in [5.41, 5.74) is 12.1. The van der Waals surface area contributed by atoms with E-state index in [1.165, 1.54) is 0 Å². The molecule has 1 aromatic carbocycles. The molecule has 9 heteroatoms. The van der Waals surface area contributed by atoms with Crippen molar-refractivity contribution in [3.8, 4) is 5.75 Å². The molecule has 0 aromatic heterocycles. The number of benzene rings is 1. The Labute approximate surface area is 153 Å². The van der Waals surface area contributed by atoms with E-state index in [0.29, 0.717) is 58.6 Å². The lowest BCUT2D eigenvalue weighted by atomic mass is 10.2. The fourth-order valence-electron chi connectivity index (χ4n) is 2.01. The molecule has 0 fully saturated rings. The van der Waals surface area contributed by atoms with Gasteiger partial charge in [-0.1, -0.05) is 0 Å². The third-order valence-electron chi connectivity index (χ3n) is 3.29. The van der Waals surface area contributed by atoms with Crippen LogP contribution in [0.5, 0.6) is 5.75 Å². The van der Waals surface area contributed by atoms with Crippen LogP contribution in [0.15, 0.2) is 34.5 Å². The number of rotatable bonds is 13. The highest BCUT2D eigenvalue weighted by atomic mass is 16.6. The van der Waals surface area contributed by atoms with Gasteiger partial charge < -0.3 is 24.7 Å². The van der Waals surface area contributed by atoms with E-state index in [-0.39, 0.29) is 0 Å². The largest absolute Gasteiger partial charge is 0.491 e. The predicted molar refractivity (Wildman–Crippen MR) is 99.4 cm³/mol. The van der Waals surface area contributed by atoms with Crippen molar-refractivity contribution < 1.29 is 18.9 Å². The van der Waals surface area contributed by atoms with E-state index in [0.717, 1.165) is 17.1 Å². The average Bonchev–Trinajstić information content (AvgIpc) is 2.67. The lowest BCUT2D eigenvalue weighted by Gasteiger charge is -2.14.